The Bertz CT molecular complexity index is 318. The molecule has 0 aromatic carbocycles. The molecule has 0 radical (unpaired) electrons. The maximum atomic E-state index is 6.27. The summed E-state index contributed by atoms with van der Waals surface area (Å²) >= 11 is 0. The summed E-state index contributed by atoms with van der Waals surface area (Å²) < 4.78 is 0. The van der Waals surface area contributed by atoms with E-state index in [1.807, 2.05) is 0 Å². The molecule has 1 saturated heterocycles. The fourth-order valence-electron chi connectivity index (χ4n) is 4.81. The van der Waals surface area contributed by atoms with Crippen LogP contribution in [0.2, 0.25) is 0 Å². The molecule has 3 heteroatoms. The van der Waals surface area contributed by atoms with Crippen molar-refractivity contribution in [1.29, 1.82) is 0 Å². The van der Waals surface area contributed by atoms with Crippen LogP contribution in [-0.4, -0.2) is 54.6 Å². The first-order chi connectivity index (χ1) is 9.29. The van der Waals surface area contributed by atoms with Crippen LogP contribution in [0.25, 0.3) is 0 Å². The lowest BCUT2D eigenvalue weighted by atomic mass is 9.84. The van der Waals surface area contributed by atoms with E-state index in [1.54, 1.807) is 0 Å². The Morgan fingerprint density at radius 2 is 1.75 bits per heavy atom. The molecule has 2 atom stereocenters. The van der Waals surface area contributed by atoms with Crippen molar-refractivity contribution in [2.45, 2.75) is 53.0 Å². The molecule has 2 fully saturated rings. The van der Waals surface area contributed by atoms with E-state index in [9.17, 15) is 0 Å². The van der Waals surface area contributed by atoms with Crippen LogP contribution >= 0.6 is 0 Å². The Kier molecular flexibility index (Phi) is 4.83. The second-order valence-corrected chi connectivity index (χ2v) is 8.44. The van der Waals surface area contributed by atoms with Crippen molar-refractivity contribution in [3.8, 4) is 0 Å². The van der Waals surface area contributed by atoms with Gasteiger partial charge in [0.15, 0.2) is 0 Å². The molecule has 1 aliphatic heterocycles. The number of nitrogens with two attached hydrogens (primary N) is 1. The summed E-state index contributed by atoms with van der Waals surface area (Å²) in [6.07, 6.45) is 2.58. The van der Waals surface area contributed by atoms with Gasteiger partial charge < -0.3 is 10.6 Å². The van der Waals surface area contributed by atoms with Crippen molar-refractivity contribution in [2.75, 3.05) is 39.3 Å². The molecule has 2 unspecified atom stereocenters. The van der Waals surface area contributed by atoms with Gasteiger partial charge in [0.05, 0.1) is 0 Å². The van der Waals surface area contributed by atoms with E-state index in [0.717, 1.165) is 18.4 Å². The molecule has 2 N–H and O–H groups in total. The average Bonchev–Trinajstić information content (AvgIpc) is 2.59. The molecule has 1 aliphatic carbocycles. The highest BCUT2D eigenvalue weighted by Crippen LogP contribution is 2.50. The quantitative estimate of drug-likeness (QED) is 0.859. The van der Waals surface area contributed by atoms with Crippen LogP contribution in [0.5, 0.6) is 0 Å². The zero-order valence-electron chi connectivity index (χ0n) is 14.3. The SMILES string of the molecule is CC(C)CN1CCN(C2(CN)CC(C)(C)CC2C)CC1. The molecule has 2 aliphatic rings. The van der Waals surface area contributed by atoms with Gasteiger partial charge >= 0.3 is 0 Å². The Morgan fingerprint density at radius 3 is 2.15 bits per heavy atom. The second-order valence-electron chi connectivity index (χ2n) is 8.44. The summed E-state index contributed by atoms with van der Waals surface area (Å²) in [6.45, 7) is 18.8. The topological polar surface area (TPSA) is 32.5 Å². The van der Waals surface area contributed by atoms with Gasteiger partial charge in [-0.3, -0.25) is 4.90 Å². The van der Waals surface area contributed by atoms with Crippen molar-refractivity contribution in [2.24, 2.45) is 23.0 Å². The van der Waals surface area contributed by atoms with E-state index in [1.165, 1.54) is 45.6 Å². The third kappa shape index (κ3) is 3.20. The monoisotopic (exact) mass is 281 g/mol. The smallest absolute Gasteiger partial charge is 0.0363 e. The van der Waals surface area contributed by atoms with E-state index in [-0.39, 0.29) is 5.54 Å². The highest BCUT2D eigenvalue weighted by Gasteiger charge is 2.51. The lowest BCUT2D eigenvalue weighted by molar-refractivity contribution is 0.0105. The number of hydrogen-bond acceptors (Lipinski definition) is 3. The molecular weight excluding hydrogens is 246 g/mol. The molecular formula is C17H35N3. The van der Waals surface area contributed by atoms with Crippen LogP contribution in [-0.2, 0) is 0 Å². The third-order valence-corrected chi connectivity index (χ3v) is 5.54. The fraction of sp³-hybridized carbons (Fsp3) is 1.00. The van der Waals surface area contributed by atoms with Gasteiger partial charge in [-0.05, 0) is 30.1 Å². The molecule has 1 heterocycles. The Hall–Kier alpha value is -0.120. The van der Waals surface area contributed by atoms with E-state index < -0.39 is 0 Å². The Morgan fingerprint density at radius 1 is 1.15 bits per heavy atom. The zero-order valence-corrected chi connectivity index (χ0v) is 14.3. The first-order valence-corrected chi connectivity index (χ1v) is 8.46. The molecule has 0 aromatic rings. The first kappa shape index (κ1) is 16.3. The van der Waals surface area contributed by atoms with Gasteiger partial charge in [-0.1, -0.05) is 34.6 Å². The summed E-state index contributed by atoms with van der Waals surface area (Å²) in [4.78, 5) is 5.35. The lowest BCUT2D eigenvalue weighted by Gasteiger charge is -2.48. The van der Waals surface area contributed by atoms with Gasteiger partial charge in [-0.2, -0.15) is 0 Å². The van der Waals surface area contributed by atoms with Crippen molar-refractivity contribution in [3.63, 3.8) is 0 Å². The lowest BCUT2D eigenvalue weighted by Crippen LogP contribution is -2.61. The Balaban J connectivity index is 2.01. The van der Waals surface area contributed by atoms with Gasteiger partial charge in [-0.25, -0.2) is 0 Å². The van der Waals surface area contributed by atoms with Crippen LogP contribution in [0.4, 0.5) is 0 Å². The summed E-state index contributed by atoms with van der Waals surface area (Å²) in [5, 5.41) is 0. The fourth-order valence-corrected chi connectivity index (χ4v) is 4.81. The highest BCUT2D eigenvalue weighted by atomic mass is 15.3. The largest absolute Gasteiger partial charge is 0.329 e. The van der Waals surface area contributed by atoms with Crippen LogP contribution in [0.1, 0.15) is 47.5 Å². The van der Waals surface area contributed by atoms with Crippen molar-refractivity contribution >= 4 is 0 Å². The predicted octanol–water partition coefficient (Wildman–Crippen LogP) is 2.41. The molecule has 20 heavy (non-hydrogen) atoms. The van der Waals surface area contributed by atoms with Crippen LogP contribution in [0, 0.1) is 17.3 Å². The average molecular weight is 281 g/mol. The molecule has 3 nitrogen and oxygen atoms in total. The molecule has 0 spiro atoms. The van der Waals surface area contributed by atoms with Gasteiger partial charge in [0, 0.05) is 44.8 Å². The Labute approximate surface area is 125 Å². The number of hydrogen-bond donors (Lipinski definition) is 1. The van der Waals surface area contributed by atoms with Crippen LogP contribution < -0.4 is 5.73 Å². The van der Waals surface area contributed by atoms with Gasteiger partial charge in [0.1, 0.15) is 0 Å². The van der Waals surface area contributed by atoms with E-state index >= 15 is 0 Å². The van der Waals surface area contributed by atoms with Crippen LogP contribution in [0.3, 0.4) is 0 Å². The number of nitrogens with zero attached hydrogens (tertiary/aromatic N) is 2. The summed E-state index contributed by atoms with van der Waals surface area (Å²) in [7, 11) is 0. The summed E-state index contributed by atoms with van der Waals surface area (Å²) in [5.41, 5.74) is 6.98. The molecule has 2 rings (SSSR count). The summed E-state index contributed by atoms with van der Waals surface area (Å²) in [6, 6.07) is 0. The van der Waals surface area contributed by atoms with E-state index in [2.05, 4.69) is 44.4 Å². The van der Waals surface area contributed by atoms with Crippen LogP contribution in [0.15, 0.2) is 0 Å². The number of piperazine rings is 1. The van der Waals surface area contributed by atoms with Crippen molar-refractivity contribution in [1.82, 2.24) is 9.80 Å². The van der Waals surface area contributed by atoms with Gasteiger partial charge in [-0.15, -0.1) is 0 Å². The highest BCUT2D eigenvalue weighted by molar-refractivity contribution is 5.06. The minimum absolute atomic E-state index is 0.257. The van der Waals surface area contributed by atoms with E-state index in [0.29, 0.717) is 5.41 Å². The maximum Gasteiger partial charge on any atom is 0.0363 e. The molecule has 118 valence electrons. The standard InChI is InChI=1S/C17H35N3/c1-14(2)11-19-6-8-20(9-7-19)17(13-18)12-16(4,5)10-15(17)3/h14-15H,6-13,18H2,1-5H3. The van der Waals surface area contributed by atoms with E-state index in [4.69, 9.17) is 5.73 Å². The molecule has 0 aromatic heterocycles. The van der Waals surface area contributed by atoms with Crippen molar-refractivity contribution in [3.05, 3.63) is 0 Å². The minimum Gasteiger partial charge on any atom is -0.329 e. The zero-order chi connectivity index (χ0) is 15.0. The normalized spacial score (nSPS) is 35.9. The molecule has 0 amide bonds. The predicted molar refractivity (Wildman–Crippen MR) is 86.8 cm³/mol. The van der Waals surface area contributed by atoms with Gasteiger partial charge in [0.2, 0.25) is 0 Å². The third-order valence-electron chi connectivity index (χ3n) is 5.54. The molecule has 1 saturated carbocycles. The van der Waals surface area contributed by atoms with Crippen molar-refractivity contribution < 1.29 is 0 Å². The maximum absolute atomic E-state index is 6.27. The van der Waals surface area contributed by atoms with Gasteiger partial charge in [0.25, 0.3) is 0 Å². The second kappa shape index (κ2) is 5.94. The number of rotatable bonds is 4. The molecule has 0 bridgehead atoms. The first-order valence-electron chi connectivity index (χ1n) is 8.46. The minimum atomic E-state index is 0.257. The summed E-state index contributed by atoms with van der Waals surface area (Å²) in [5.74, 6) is 1.49.